The Morgan fingerprint density at radius 2 is 1.64 bits per heavy atom. The normalized spacial score (nSPS) is 10.1. The fraction of sp³-hybridized carbons (Fsp3) is 0.0769. The van der Waals surface area contributed by atoms with Crippen molar-refractivity contribution in [2.24, 2.45) is 0 Å². The zero-order valence-electron chi connectivity index (χ0n) is 8.20. The van der Waals surface area contributed by atoms with E-state index in [1.54, 1.807) is 0 Å². The lowest BCUT2D eigenvalue weighted by Gasteiger charge is -2.06. The summed E-state index contributed by atoms with van der Waals surface area (Å²) in [5.74, 6) is 0. The number of hydrogen-bond acceptors (Lipinski definition) is 1. The van der Waals surface area contributed by atoms with Crippen LogP contribution >= 0.6 is 0 Å². The Morgan fingerprint density at radius 1 is 0.929 bits per heavy atom. The summed E-state index contributed by atoms with van der Waals surface area (Å²) in [4.78, 5) is 0. The molecule has 0 spiro atoms. The summed E-state index contributed by atoms with van der Waals surface area (Å²) in [6.45, 7) is 2.08. The van der Waals surface area contributed by atoms with Crippen LogP contribution in [0.15, 0.2) is 48.5 Å². The molecule has 0 saturated carbocycles. The van der Waals surface area contributed by atoms with E-state index >= 15 is 0 Å². The van der Waals surface area contributed by atoms with Crippen LogP contribution in [0.1, 0.15) is 5.56 Å². The lowest BCUT2D eigenvalue weighted by atomic mass is 10.0. The molecule has 0 bridgehead atoms. The summed E-state index contributed by atoms with van der Waals surface area (Å²) < 4.78 is 0. The van der Waals surface area contributed by atoms with Crippen molar-refractivity contribution in [3.05, 3.63) is 54.1 Å². The molecule has 0 fully saturated rings. The smallest absolute Gasteiger partial charge is 0.0317 e. The van der Waals surface area contributed by atoms with Crippen molar-refractivity contribution < 1.29 is 0 Å². The minimum Gasteiger partial charge on any atom is -0.399 e. The number of anilines is 1. The van der Waals surface area contributed by atoms with E-state index in [1.165, 1.54) is 16.7 Å². The van der Waals surface area contributed by atoms with Crippen LogP contribution in [0.3, 0.4) is 0 Å². The van der Waals surface area contributed by atoms with Crippen molar-refractivity contribution in [1.82, 2.24) is 0 Å². The number of benzene rings is 2. The van der Waals surface area contributed by atoms with Crippen LogP contribution in [0.25, 0.3) is 11.1 Å². The molecule has 0 saturated heterocycles. The van der Waals surface area contributed by atoms with Gasteiger partial charge in [0.2, 0.25) is 0 Å². The standard InChI is InChI=1S/C13H13N/c1-10-9-12(14)7-8-13(10)11-5-3-2-4-6-11/h2-9H,14H2,1H3. The average Bonchev–Trinajstić information content (AvgIpc) is 2.19. The van der Waals surface area contributed by atoms with E-state index in [0.717, 1.165) is 5.69 Å². The maximum atomic E-state index is 5.71. The van der Waals surface area contributed by atoms with Crippen LogP contribution in [-0.2, 0) is 0 Å². The molecule has 0 aromatic heterocycles. The lowest BCUT2D eigenvalue weighted by Crippen LogP contribution is -1.88. The van der Waals surface area contributed by atoms with Gasteiger partial charge in [-0.2, -0.15) is 0 Å². The second-order valence-corrected chi connectivity index (χ2v) is 3.44. The lowest BCUT2D eigenvalue weighted by molar-refractivity contribution is 1.46. The molecule has 0 aliphatic rings. The molecule has 0 aliphatic heterocycles. The first kappa shape index (κ1) is 8.82. The zero-order chi connectivity index (χ0) is 9.97. The Bertz CT molecular complexity index is 432. The van der Waals surface area contributed by atoms with E-state index in [0.29, 0.717) is 0 Å². The maximum Gasteiger partial charge on any atom is 0.0317 e. The van der Waals surface area contributed by atoms with Crippen LogP contribution in [0, 0.1) is 6.92 Å². The van der Waals surface area contributed by atoms with Gasteiger partial charge in [0.05, 0.1) is 0 Å². The van der Waals surface area contributed by atoms with Gasteiger partial charge in [0.25, 0.3) is 0 Å². The summed E-state index contributed by atoms with van der Waals surface area (Å²) >= 11 is 0. The molecular formula is C13H13N. The van der Waals surface area contributed by atoms with Gasteiger partial charge in [-0.3, -0.25) is 0 Å². The maximum absolute atomic E-state index is 5.71. The van der Waals surface area contributed by atoms with Crippen LogP contribution in [0.5, 0.6) is 0 Å². The van der Waals surface area contributed by atoms with Crippen LogP contribution < -0.4 is 5.73 Å². The van der Waals surface area contributed by atoms with E-state index in [4.69, 9.17) is 5.73 Å². The summed E-state index contributed by atoms with van der Waals surface area (Å²) in [7, 11) is 0. The van der Waals surface area contributed by atoms with Crippen LogP contribution in [-0.4, -0.2) is 0 Å². The third kappa shape index (κ3) is 1.62. The molecule has 0 radical (unpaired) electrons. The number of rotatable bonds is 1. The highest BCUT2D eigenvalue weighted by molar-refractivity contribution is 5.69. The van der Waals surface area contributed by atoms with Gasteiger partial charge < -0.3 is 5.73 Å². The molecule has 1 heteroatoms. The minimum absolute atomic E-state index is 0.821. The number of hydrogen-bond donors (Lipinski definition) is 1. The Hall–Kier alpha value is -1.76. The Balaban J connectivity index is 2.53. The zero-order valence-corrected chi connectivity index (χ0v) is 8.20. The Kier molecular flexibility index (Phi) is 2.23. The van der Waals surface area contributed by atoms with E-state index < -0.39 is 0 Å². The third-order valence-corrected chi connectivity index (χ3v) is 2.34. The summed E-state index contributed by atoms with van der Waals surface area (Å²) in [6.07, 6.45) is 0. The first-order valence-corrected chi connectivity index (χ1v) is 4.69. The van der Waals surface area contributed by atoms with Gasteiger partial charge in [0.1, 0.15) is 0 Å². The molecule has 0 heterocycles. The topological polar surface area (TPSA) is 26.0 Å². The molecule has 70 valence electrons. The number of nitrogens with two attached hydrogens (primary N) is 1. The summed E-state index contributed by atoms with van der Waals surface area (Å²) in [6, 6.07) is 16.3. The molecule has 1 nitrogen and oxygen atoms in total. The first-order valence-electron chi connectivity index (χ1n) is 4.69. The molecule has 0 aliphatic carbocycles. The predicted octanol–water partition coefficient (Wildman–Crippen LogP) is 3.24. The Morgan fingerprint density at radius 3 is 2.29 bits per heavy atom. The van der Waals surface area contributed by atoms with Crippen molar-refractivity contribution in [1.29, 1.82) is 0 Å². The molecule has 0 atom stereocenters. The van der Waals surface area contributed by atoms with E-state index in [-0.39, 0.29) is 0 Å². The predicted molar refractivity (Wildman–Crippen MR) is 61.0 cm³/mol. The highest BCUT2D eigenvalue weighted by Gasteiger charge is 2.00. The third-order valence-electron chi connectivity index (χ3n) is 2.34. The summed E-state index contributed by atoms with van der Waals surface area (Å²) in [5.41, 5.74) is 10.2. The van der Waals surface area contributed by atoms with Crippen LogP contribution in [0.4, 0.5) is 5.69 Å². The van der Waals surface area contributed by atoms with Gasteiger partial charge >= 0.3 is 0 Å². The molecule has 0 unspecified atom stereocenters. The van der Waals surface area contributed by atoms with Crippen molar-refractivity contribution in [2.75, 3.05) is 5.73 Å². The van der Waals surface area contributed by atoms with Crippen molar-refractivity contribution in [3.63, 3.8) is 0 Å². The van der Waals surface area contributed by atoms with Crippen molar-refractivity contribution in [3.8, 4) is 11.1 Å². The summed E-state index contributed by atoms with van der Waals surface area (Å²) in [5, 5.41) is 0. The molecule has 2 N–H and O–H groups in total. The first-order chi connectivity index (χ1) is 6.77. The molecule has 2 aromatic rings. The van der Waals surface area contributed by atoms with Gasteiger partial charge in [0, 0.05) is 5.69 Å². The van der Waals surface area contributed by atoms with E-state index in [1.807, 2.05) is 30.3 Å². The SMILES string of the molecule is Cc1cc(N)ccc1-c1ccccc1. The molecule has 2 rings (SSSR count). The van der Waals surface area contributed by atoms with Gasteiger partial charge in [0.15, 0.2) is 0 Å². The monoisotopic (exact) mass is 183 g/mol. The second-order valence-electron chi connectivity index (χ2n) is 3.44. The molecule has 2 aromatic carbocycles. The van der Waals surface area contributed by atoms with Gasteiger partial charge in [-0.05, 0) is 35.7 Å². The Labute approximate surface area is 84.2 Å². The highest BCUT2D eigenvalue weighted by Crippen LogP contribution is 2.24. The minimum atomic E-state index is 0.821. The van der Waals surface area contributed by atoms with Crippen molar-refractivity contribution >= 4 is 5.69 Å². The van der Waals surface area contributed by atoms with Crippen LogP contribution in [0.2, 0.25) is 0 Å². The highest BCUT2D eigenvalue weighted by atomic mass is 14.5. The largest absolute Gasteiger partial charge is 0.399 e. The fourth-order valence-electron chi connectivity index (χ4n) is 1.63. The quantitative estimate of drug-likeness (QED) is 0.675. The molecular weight excluding hydrogens is 170 g/mol. The van der Waals surface area contributed by atoms with E-state index in [9.17, 15) is 0 Å². The fourth-order valence-corrected chi connectivity index (χ4v) is 1.63. The second kappa shape index (κ2) is 3.54. The van der Waals surface area contributed by atoms with Gasteiger partial charge in [-0.25, -0.2) is 0 Å². The van der Waals surface area contributed by atoms with Gasteiger partial charge in [-0.15, -0.1) is 0 Å². The van der Waals surface area contributed by atoms with Crippen molar-refractivity contribution in [2.45, 2.75) is 6.92 Å². The average molecular weight is 183 g/mol. The number of aryl methyl sites for hydroxylation is 1. The van der Waals surface area contributed by atoms with Gasteiger partial charge in [-0.1, -0.05) is 36.4 Å². The molecule has 14 heavy (non-hydrogen) atoms. The van der Waals surface area contributed by atoms with E-state index in [2.05, 4.69) is 25.1 Å². The molecule has 0 amide bonds. The number of nitrogen functional groups attached to an aromatic ring is 1.